The first-order valence-corrected chi connectivity index (χ1v) is 10.5. The van der Waals surface area contributed by atoms with E-state index in [9.17, 15) is 4.79 Å². The Bertz CT molecular complexity index is 620. The van der Waals surface area contributed by atoms with Crippen LogP contribution < -0.4 is 5.32 Å². The van der Waals surface area contributed by atoms with E-state index in [1.165, 1.54) is 48.6 Å². The molecule has 130 valence electrons. The predicted molar refractivity (Wildman–Crippen MR) is 101 cm³/mol. The number of thioether (sulfide) groups is 1. The lowest BCUT2D eigenvalue weighted by Gasteiger charge is -2.21. The van der Waals surface area contributed by atoms with E-state index in [0.29, 0.717) is 18.4 Å². The molecule has 1 saturated carbocycles. The molecule has 1 N–H and O–H groups in total. The minimum absolute atomic E-state index is 0.0666. The molecule has 1 fully saturated rings. The molecule has 2 aromatic rings. The fourth-order valence-corrected chi connectivity index (χ4v) is 4.77. The second kappa shape index (κ2) is 9.39. The molecule has 1 heterocycles. The van der Waals surface area contributed by atoms with Crippen molar-refractivity contribution in [1.29, 1.82) is 0 Å². The van der Waals surface area contributed by atoms with E-state index in [2.05, 4.69) is 16.4 Å². The van der Waals surface area contributed by atoms with Gasteiger partial charge >= 0.3 is 0 Å². The number of rotatable bonds is 8. The SMILES string of the molecule is O=C(CSc1nc2ccccc2s1)NCCCOC1CCCCC1. The number of benzene rings is 1. The molecule has 1 aliphatic rings. The molecule has 4 nitrogen and oxygen atoms in total. The normalized spacial score (nSPS) is 15.7. The molecule has 0 aliphatic heterocycles. The molecule has 0 spiro atoms. The van der Waals surface area contributed by atoms with Crippen LogP contribution in [0.1, 0.15) is 38.5 Å². The molecule has 6 heteroatoms. The Kier molecular flexibility index (Phi) is 6.93. The molecule has 0 bridgehead atoms. The highest BCUT2D eigenvalue weighted by Crippen LogP contribution is 2.29. The smallest absolute Gasteiger partial charge is 0.230 e. The maximum absolute atomic E-state index is 11.9. The van der Waals surface area contributed by atoms with Gasteiger partial charge in [0.15, 0.2) is 4.34 Å². The molecule has 24 heavy (non-hydrogen) atoms. The highest BCUT2D eigenvalue weighted by atomic mass is 32.2. The van der Waals surface area contributed by atoms with Crippen LogP contribution in [0.25, 0.3) is 10.2 Å². The fraction of sp³-hybridized carbons (Fsp3) is 0.556. The highest BCUT2D eigenvalue weighted by Gasteiger charge is 2.13. The number of hydrogen-bond acceptors (Lipinski definition) is 5. The van der Waals surface area contributed by atoms with Gasteiger partial charge in [0.25, 0.3) is 0 Å². The van der Waals surface area contributed by atoms with Gasteiger partial charge in [-0.25, -0.2) is 4.98 Å². The monoisotopic (exact) mass is 364 g/mol. The van der Waals surface area contributed by atoms with Gasteiger partial charge in [-0.05, 0) is 31.4 Å². The summed E-state index contributed by atoms with van der Waals surface area (Å²) in [6.07, 6.45) is 7.67. The molecule has 3 rings (SSSR count). The number of thiazole rings is 1. The van der Waals surface area contributed by atoms with Gasteiger partial charge < -0.3 is 10.1 Å². The number of carbonyl (C=O) groups is 1. The average Bonchev–Trinajstić information content (AvgIpc) is 3.03. The summed E-state index contributed by atoms with van der Waals surface area (Å²) >= 11 is 3.14. The summed E-state index contributed by atoms with van der Waals surface area (Å²) in [5, 5.41) is 2.96. The number of carbonyl (C=O) groups excluding carboxylic acids is 1. The standard InChI is InChI=1S/C18H24N2O2S2/c21-17(19-11-6-12-22-14-7-2-1-3-8-14)13-23-18-20-15-9-4-5-10-16(15)24-18/h4-5,9-10,14H,1-3,6-8,11-13H2,(H,19,21). The highest BCUT2D eigenvalue weighted by molar-refractivity contribution is 8.01. The molecule has 0 radical (unpaired) electrons. The topological polar surface area (TPSA) is 51.2 Å². The lowest BCUT2D eigenvalue weighted by Crippen LogP contribution is -2.27. The zero-order valence-corrected chi connectivity index (χ0v) is 15.5. The zero-order chi connectivity index (χ0) is 16.6. The Balaban J connectivity index is 1.28. The van der Waals surface area contributed by atoms with Crippen LogP contribution in [0.15, 0.2) is 28.6 Å². The van der Waals surface area contributed by atoms with Crippen LogP contribution in [0.5, 0.6) is 0 Å². The number of fused-ring (bicyclic) bond motifs is 1. The number of ether oxygens (including phenoxy) is 1. The van der Waals surface area contributed by atoms with Crippen LogP contribution in [-0.2, 0) is 9.53 Å². The van der Waals surface area contributed by atoms with E-state index in [4.69, 9.17) is 4.74 Å². The second-order valence-corrected chi connectivity index (χ2v) is 8.32. The Labute approximate surface area is 151 Å². The third-order valence-electron chi connectivity index (χ3n) is 4.15. The molecule has 1 amide bonds. The molecule has 1 aliphatic carbocycles. The summed E-state index contributed by atoms with van der Waals surface area (Å²) in [7, 11) is 0. The van der Waals surface area contributed by atoms with Crippen LogP contribution in [-0.4, -0.2) is 35.9 Å². The Morgan fingerprint density at radius 3 is 2.96 bits per heavy atom. The number of aromatic nitrogens is 1. The van der Waals surface area contributed by atoms with Crippen molar-refractivity contribution >= 4 is 39.2 Å². The summed E-state index contributed by atoms with van der Waals surface area (Å²) in [5.74, 6) is 0.487. The minimum atomic E-state index is 0.0666. The second-order valence-electron chi connectivity index (χ2n) is 6.07. The van der Waals surface area contributed by atoms with E-state index < -0.39 is 0 Å². The van der Waals surface area contributed by atoms with Gasteiger partial charge in [-0.2, -0.15) is 0 Å². The van der Waals surface area contributed by atoms with Gasteiger partial charge in [0.05, 0.1) is 22.1 Å². The predicted octanol–water partition coefficient (Wildman–Crippen LogP) is 4.24. The number of para-hydroxylation sites is 1. The third kappa shape index (κ3) is 5.46. The number of nitrogens with one attached hydrogen (secondary N) is 1. The minimum Gasteiger partial charge on any atom is -0.378 e. The number of amides is 1. The summed E-state index contributed by atoms with van der Waals surface area (Å²) < 4.78 is 7.98. The van der Waals surface area contributed by atoms with Gasteiger partial charge in [-0.1, -0.05) is 43.2 Å². The summed E-state index contributed by atoms with van der Waals surface area (Å²) in [5.41, 5.74) is 1.00. The maximum atomic E-state index is 11.9. The van der Waals surface area contributed by atoms with Gasteiger partial charge in [0.2, 0.25) is 5.91 Å². The summed E-state index contributed by atoms with van der Waals surface area (Å²) in [4.78, 5) is 16.4. The van der Waals surface area contributed by atoms with Crippen molar-refractivity contribution in [2.24, 2.45) is 0 Å². The van der Waals surface area contributed by atoms with Crippen molar-refractivity contribution in [3.63, 3.8) is 0 Å². The summed E-state index contributed by atoms with van der Waals surface area (Å²) in [6, 6.07) is 8.06. The Morgan fingerprint density at radius 2 is 2.12 bits per heavy atom. The molecule has 0 unspecified atom stereocenters. The molecule has 0 atom stereocenters. The van der Waals surface area contributed by atoms with E-state index in [1.54, 1.807) is 11.3 Å². The molecular weight excluding hydrogens is 340 g/mol. The summed E-state index contributed by atoms with van der Waals surface area (Å²) in [6.45, 7) is 1.43. The fourth-order valence-electron chi connectivity index (χ4n) is 2.87. The average molecular weight is 365 g/mol. The lowest BCUT2D eigenvalue weighted by molar-refractivity contribution is -0.118. The Hall–Kier alpha value is -1.11. The van der Waals surface area contributed by atoms with Crippen molar-refractivity contribution in [3.8, 4) is 0 Å². The van der Waals surface area contributed by atoms with Crippen LogP contribution in [0.2, 0.25) is 0 Å². The van der Waals surface area contributed by atoms with Gasteiger partial charge in [-0.3, -0.25) is 4.79 Å². The first-order valence-electron chi connectivity index (χ1n) is 8.68. The molecule has 1 aromatic carbocycles. The van der Waals surface area contributed by atoms with E-state index in [-0.39, 0.29) is 5.91 Å². The van der Waals surface area contributed by atoms with Crippen molar-refractivity contribution in [3.05, 3.63) is 24.3 Å². The van der Waals surface area contributed by atoms with E-state index >= 15 is 0 Å². The van der Waals surface area contributed by atoms with E-state index in [1.807, 2.05) is 18.2 Å². The van der Waals surface area contributed by atoms with Crippen LogP contribution >= 0.6 is 23.1 Å². The van der Waals surface area contributed by atoms with E-state index in [0.717, 1.165) is 22.9 Å². The van der Waals surface area contributed by atoms with Crippen molar-refractivity contribution < 1.29 is 9.53 Å². The van der Waals surface area contributed by atoms with Crippen LogP contribution in [0, 0.1) is 0 Å². The quantitative estimate of drug-likeness (QED) is 0.562. The van der Waals surface area contributed by atoms with Gasteiger partial charge in [0.1, 0.15) is 0 Å². The van der Waals surface area contributed by atoms with Crippen LogP contribution in [0.4, 0.5) is 0 Å². The molecule has 1 aromatic heterocycles. The molecular formula is C18H24N2O2S2. The third-order valence-corrected chi connectivity index (χ3v) is 6.33. The van der Waals surface area contributed by atoms with Crippen molar-refractivity contribution in [1.82, 2.24) is 10.3 Å². The molecule has 0 saturated heterocycles. The Morgan fingerprint density at radius 1 is 1.29 bits per heavy atom. The zero-order valence-electron chi connectivity index (χ0n) is 13.8. The van der Waals surface area contributed by atoms with Gasteiger partial charge in [-0.15, -0.1) is 11.3 Å². The first kappa shape index (κ1) is 17.7. The largest absolute Gasteiger partial charge is 0.378 e. The van der Waals surface area contributed by atoms with Gasteiger partial charge in [0, 0.05) is 13.2 Å². The lowest BCUT2D eigenvalue weighted by atomic mass is 9.98. The maximum Gasteiger partial charge on any atom is 0.230 e. The van der Waals surface area contributed by atoms with Crippen molar-refractivity contribution in [2.75, 3.05) is 18.9 Å². The first-order chi connectivity index (χ1) is 11.8. The number of hydrogen-bond donors (Lipinski definition) is 1. The van der Waals surface area contributed by atoms with Crippen LogP contribution in [0.3, 0.4) is 0 Å². The number of nitrogens with zero attached hydrogens (tertiary/aromatic N) is 1. The van der Waals surface area contributed by atoms with Crippen molar-refractivity contribution in [2.45, 2.75) is 49.0 Å².